The number of carbonyl (C=O) groups excluding carboxylic acids is 1. The van der Waals surface area contributed by atoms with E-state index in [9.17, 15) is 13.2 Å². The number of hydrogen-bond donors (Lipinski definition) is 2. The number of anilines is 2. The summed E-state index contributed by atoms with van der Waals surface area (Å²) in [5, 5.41) is 7.90. The Labute approximate surface area is 187 Å². The summed E-state index contributed by atoms with van der Waals surface area (Å²) in [4.78, 5) is 20.0. The molecule has 3 aromatic rings. The summed E-state index contributed by atoms with van der Waals surface area (Å²) in [6, 6.07) is 8.79. The Morgan fingerprint density at radius 1 is 1.16 bits per heavy atom. The molecular weight excluding hydrogens is 428 g/mol. The molecule has 0 spiro atoms. The van der Waals surface area contributed by atoms with E-state index in [0.29, 0.717) is 12.1 Å². The first-order valence-electron chi connectivity index (χ1n) is 10.6. The number of carbonyl (C=O) groups is 1. The molecule has 0 saturated carbocycles. The fourth-order valence-electron chi connectivity index (χ4n) is 4.22. The van der Waals surface area contributed by atoms with Crippen LogP contribution < -0.4 is 10.0 Å². The molecule has 1 aliphatic heterocycles. The number of nitrogens with zero attached hydrogens (tertiary/aromatic N) is 4. The summed E-state index contributed by atoms with van der Waals surface area (Å²) in [6.45, 7) is 4.39. The Balaban J connectivity index is 1.75. The van der Waals surface area contributed by atoms with Crippen molar-refractivity contribution < 1.29 is 13.2 Å². The van der Waals surface area contributed by atoms with Crippen LogP contribution in [-0.2, 0) is 10.0 Å². The smallest absolute Gasteiger partial charge is 0.256 e. The van der Waals surface area contributed by atoms with Gasteiger partial charge in [0.2, 0.25) is 10.0 Å². The first-order chi connectivity index (χ1) is 15.2. The predicted molar refractivity (Wildman–Crippen MR) is 125 cm³/mol. The summed E-state index contributed by atoms with van der Waals surface area (Å²) in [5.74, 6) is 0.616. The zero-order valence-electron chi connectivity index (χ0n) is 18.7. The molecule has 32 heavy (non-hydrogen) atoms. The predicted octanol–water partition coefficient (Wildman–Crippen LogP) is 3.13. The third kappa shape index (κ3) is 4.40. The number of hydrogen-bond acceptors (Lipinski definition) is 6. The normalized spacial score (nSPS) is 16.9. The van der Waals surface area contributed by atoms with Gasteiger partial charge in [-0.25, -0.2) is 13.4 Å². The van der Waals surface area contributed by atoms with Gasteiger partial charge in [0, 0.05) is 31.4 Å². The summed E-state index contributed by atoms with van der Waals surface area (Å²) in [5.41, 5.74) is 3.89. The average molecular weight is 457 g/mol. The monoisotopic (exact) mass is 456 g/mol. The highest BCUT2D eigenvalue weighted by Crippen LogP contribution is 2.34. The summed E-state index contributed by atoms with van der Waals surface area (Å²) in [6.07, 6.45) is 3.73. The van der Waals surface area contributed by atoms with Gasteiger partial charge in [-0.1, -0.05) is 11.6 Å². The van der Waals surface area contributed by atoms with E-state index in [4.69, 9.17) is 5.10 Å². The van der Waals surface area contributed by atoms with Crippen molar-refractivity contribution in [3.05, 3.63) is 52.8 Å². The molecule has 4 rings (SSSR count). The number of likely N-dealkylation sites (tertiary alicyclic amines) is 1. The zero-order chi connectivity index (χ0) is 23.0. The van der Waals surface area contributed by atoms with E-state index in [2.05, 4.69) is 15.0 Å². The number of amides is 1. The van der Waals surface area contributed by atoms with Crippen molar-refractivity contribution in [1.82, 2.24) is 19.5 Å². The minimum Gasteiger partial charge on any atom is -0.373 e. The highest BCUT2D eigenvalue weighted by Gasteiger charge is 2.32. The molecule has 0 radical (unpaired) electrons. The largest absolute Gasteiger partial charge is 0.373 e. The van der Waals surface area contributed by atoms with Gasteiger partial charge in [-0.3, -0.25) is 9.52 Å². The maximum atomic E-state index is 13.7. The Kier molecular flexibility index (Phi) is 5.81. The van der Waals surface area contributed by atoms with Crippen molar-refractivity contribution >= 4 is 33.1 Å². The van der Waals surface area contributed by atoms with Crippen LogP contribution in [0, 0.1) is 13.8 Å². The number of rotatable bonds is 5. The van der Waals surface area contributed by atoms with Crippen LogP contribution in [-0.4, -0.2) is 53.7 Å². The molecule has 1 fully saturated rings. The lowest BCUT2D eigenvalue weighted by atomic mass is 9.97. The standard InChI is InChI=1S/C22H28N6O3S/c1-14-8-9-17(26-32(4,30)31)16(11-14)22(29)27-10-6-5-7-19(27)18-13-21-24-15(2)12-20(23-3)28(21)25-18/h8-9,11-13,19,23,26H,5-7,10H2,1-4H3/t19-/m0/s1. The Bertz CT molecular complexity index is 1280. The van der Waals surface area contributed by atoms with Crippen LogP contribution in [0.25, 0.3) is 5.65 Å². The Hall–Kier alpha value is -3.14. The maximum Gasteiger partial charge on any atom is 0.256 e. The van der Waals surface area contributed by atoms with Gasteiger partial charge < -0.3 is 10.2 Å². The average Bonchev–Trinajstić information content (AvgIpc) is 3.16. The summed E-state index contributed by atoms with van der Waals surface area (Å²) >= 11 is 0. The van der Waals surface area contributed by atoms with Gasteiger partial charge >= 0.3 is 0 Å². The van der Waals surface area contributed by atoms with E-state index < -0.39 is 10.0 Å². The van der Waals surface area contributed by atoms with E-state index in [1.165, 1.54) is 0 Å². The van der Waals surface area contributed by atoms with Gasteiger partial charge in [-0.15, -0.1) is 0 Å². The van der Waals surface area contributed by atoms with Crippen molar-refractivity contribution in [2.24, 2.45) is 0 Å². The van der Waals surface area contributed by atoms with Crippen LogP contribution in [0.2, 0.25) is 0 Å². The van der Waals surface area contributed by atoms with Crippen LogP contribution in [0.4, 0.5) is 11.5 Å². The van der Waals surface area contributed by atoms with Crippen molar-refractivity contribution in [2.45, 2.75) is 39.2 Å². The number of aryl methyl sites for hydroxylation is 2. The maximum absolute atomic E-state index is 13.7. The molecule has 9 nitrogen and oxygen atoms in total. The molecule has 2 aromatic heterocycles. The first-order valence-corrected chi connectivity index (χ1v) is 12.5. The number of piperidine rings is 1. The lowest BCUT2D eigenvalue weighted by Gasteiger charge is -2.35. The second kappa shape index (κ2) is 8.42. The fraction of sp³-hybridized carbons (Fsp3) is 0.409. The molecule has 0 aliphatic carbocycles. The second-order valence-electron chi connectivity index (χ2n) is 8.31. The molecule has 1 aromatic carbocycles. The van der Waals surface area contributed by atoms with Crippen molar-refractivity contribution in [1.29, 1.82) is 0 Å². The molecule has 1 atom stereocenters. The number of sulfonamides is 1. The van der Waals surface area contributed by atoms with Crippen LogP contribution in [0.1, 0.15) is 52.6 Å². The number of benzene rings is 1. The van der Waals surface area contributed by atoms with E-state index in [0.717, 1.165) is 53.9 Å². The SMILES string of the molecule is CNc1cc(C)nc2cc([C@@H]3CCCCN3C(=O)c3cc(C)ccc3NS(C)(=O)=O)nn12. The molecule has 3 heterocycles. The van der Waals surface area contributed by atoms with Gasteiger partial charge in [-0.05, 0) is 45.2 Å². The number of nitrogens with one attached hydrogen (secondary N) is 2. The highest BCUT2D eigenvalue weighted by molar-refractivity contribution is 7.92. The highest BCUT2D eigenvalue weighted by atomic mass is 32.2. The van der Waals surface area contributed by atoms with E-state index in [-0.39, 0.29) is 17.6 Å². The minimum absolute atomic E-state index is 0.209. The third-order valence-electron chi connectivity index (χ3n) is 5.64. The molecule has 2 N–H and O–H groups in total. The van der Waals surface area contributed by atoms with Gasteiger partial charge in [0.05, 0.1) is 29.2 Å². The van der Waals surface area contributed by atoms with Gasteiger partial charge in [-0.2, -0.15) is 9.61 Å². The van der Waals surface area contributed by atoms with Crippen molar-refractivity contribution in [3.63, 3.8) is 0 Å². The van der Waals surface area contributed by atoms with E-state index >= 15 is 0 Å². The van der Waals surface area contributed by atoms with E-state index in [1.54, 1.807) is 27.6 Å². The fourth-order valence-corrected chi connectivity index (χ4v) is 4.80. The molecule has 170 valence electrons. The lowest BCUT2D eigenvalue weighted by Crippen LogP contribution is -2.39. The Morgan fingerprint density at radius 2 is 1.94 bits per heavy atom. The van der Waals surface area contributed by atoms with Gasteiger partial charge in [0.25, 0.3) is 5.91 Å². The quantitative estimate of drug-likeness (QED) is 0.611. The van der Waals surface area contributed by atoms with Gasteiger partial charge in [0.15, 0.2) is 5.65 Å². The summed E-state index contributed by atoms with van der Waals surface area (Å²) in [7, 11) is -1.69. The zero-order valence-corrected chi connectivity index (χ0v) is 19.5. The Morgan fingerprint density at radius 3 is 2.66 bits per heavy atom. The first kappa shape index (κ1) is 22.1. The van der Waals surface area contributed by atoms with E-state index in [1.807, 2.05) is 33.0 Å². The molecule has 1 aliphatic rings. The molecular formula is C22H28N6O3S. The molecule has 0 bridgehead atoms. The minimum atomic E-state index is -3.52. The number of fused-ring (bicyclic) bond motifs is 1. The van der Waals surface area contributed by atoms with Crippen LogP contribution in [0.5, 0.6) is 0 Å². The van der Waals surface area contributed by atoms with Crippen molar-refractivity contribution in [3.8, 4) is 0 Å². The van der Waals surface area contributed by atoms with Crippen LogP contribution >= 0.6 is 0 Å². The van der Waals surface area contributed by atoms with Gasteiger partial charge in [0.1, 0.15) is 5.82 Å². The van der Waals surface area contributed by atoms with Crippen LogP contribution in [0.3, 0.4) is 0 Å². The molecule has 10 heteroatoms. The number of aromatic nitrogens is 3. The third-order valence-corrected chi connectivity index (χ3v) is 6.23. The molecule has 1 saturated heterocycles. The van der Waals surface area contributed by atoms with Crippen molar-refractivity contribution in [2.75, 3.05) is 29.9 Å². The molecule has 1 amide bonds. The topological polar surface area (TPSA) is 109 Å². The molecule has 0 unspecified atom stereocenters. The lowest BCUT2D eigenvalue weighted by molar-refractivity contribution is 0.0607. The second-order valence-corrected chi connectivity index (χ2v) is 10.1. The summed E-state index contributed by atoms with van der Waals surface area (Å²) < 4.78 is 27.9. The van der Waals surface area contributed by atoms with Crippen LogP contribution in [0.15, 0.2) is 30.3 Å².